The van der Waals surface area contributed by atoms with Crippen LogP contribution in [0.4, 0.5) is 0 Å². The van der Waals surface area contributed by atoms with E-state index in [1.54, 1.807) is 0 Å². The smallest absolute Gasteiger partial charge is 0.0103 e. The standard InChI is InChI=1S/C23H18/c1-17-20(18-9-3-2-4-10-18)14-8-15-21(17)23-16-7-12-19-11-5-6-13-22(19)23/h2-16H,1H3. The maximum Gasteiger partial charge on any atom is -0.0103 e. The Morgan fingerprint density at radius 1 is 0.478 bits per heavy atom. The van der Waals surface area contributed by atoms with Crippen molar-refractivity contribution in [2.75, 3.05) is 0 Å². The highest BCUT2D eigenvalue weighted by atomic mass is 14.1. The van der Waals surface area contributed by atoms with Gasteiger partial charge in [-0.3, -0.25) is 0 Å². The zero-order valence-electron chi connectivity index (χ0n) is 13.2. The number of hydrogen-bond acceptors (Lipinski definition) is 0. The summed E-state index contributed by atoms with van der Waals surface area (Å²) in [5.74, 6) is 0. The molecule has 0 atom stereocenters. The highest BCUT2D eigenvalue weighted by Gasteiger charge is 2.10. The predicted octanol–water partition coefficient (Wildman–Crippen LogP) is 6.48. The van der Waals surface area contributed by atoms with Gasteiger partial charge in [0, 0.05) is 0 Å². The molecule has 4 aromatic carbocycles. The van der Waals surface area contributed by atoms with Crippen LogP contribution in [0.5, 0.6) is 0 Å². The lowest BCUT2D eigenvalue weighted by Gasteiger charge is -2.14. The highest BCUT2D eigenvalue weighted by Crippen LogP contribution is 2.35. The van der Waals surface area contributed by atoms with Gasteiger partial charge in [0.05, 0.1) is 0 Å². The van der Waals surface area contributed by atoms with Crippen molar-refractivity contribution in [3.05, 3.63) is 96.6 Å². The van der Waals surface area contributed by atoms with E-state index in [0.29, 0.717) is 0 Å². The second kappa shape index (κ2) is 5.73. The monoisotopic (exact) mass is 294 g/mol. The maximum atomic E-state index is 2.23. The molecule has 0 fully saturated rings. The summed E-state index contributed by atoms with van der Waals surface area (Å²) in [6.45, 7) is 2.22. The molecular weight excluding hydrogens is 276 g/mol. The molecule has 0 bridgehead atoms. The fourth-order valence-corrected chi connectivity index (χ4v) is 3.32. The first kappa shape index (κ1) is 13.8. The molecule has 0 unspecified atom stereocenters. The molecule has 0 heterocycles. The van der Waals surface area contributed by atoms with Crippen molar-refractivity contribution in [1.82, 2.24) is 0 Å². The average Bonchev–Trinajstić information content (AvgIpc) is 2.62. The van der Waals surface area contributed by atoms with Crippen LogP contribution in [0.2, 0.25) is 0 Å². The van der Waals surface area contributed by atoms with Crippen molar-refractivity contribution in [3.8, 4) is 22.3 Å². The van der Waals surface area contributed by atoms with E-state index in [0.717, 1.165) is 0 Å². The zero-order valence-corrected chi connectivity index (χ0v) is 13.2. The molecule has 0 radical (unpaired) electrons. The number of benzene rings is 4. The van der Waals surface area contributed by atoms with Gasteiger partial charge in [-0.1, -0.05) is 91.0 Å². The van der Waals surface area contributed by atoms with Crippen molar-refractivity contribution in [2.45, 2.75) is 6.92 Å². The Hall–Kier alpha value is -2.86. The van der Waals surface area contributed by atoms with Crippen LogP contribution in [-0.4, -0.2) is 0 Å². The Morgan fingerprint density at radius 2 is 1.09 bits per heavy atom. The summed E-state index contributed by atoms with van der Waals surface area (Å²) in [6, 6.07) is 32.3. The lowest BCUT2D eigenvalue weighted by atomic mass is 9.90. The first-order valence-corrected chi connectivity index (χ1v) is 7.98. The van der Waals surface area contributed by atoms with Gasteiger partial charge in [0.15, 0.2) is 0 Å². The predicted molar refractivity (Wildman–Crippen MR) is 99.6 cm³/mol. The van der Waals surface area contributed by atoms with E-state index in [2.05, 4.69) is 97.9 Å². The minimum absolute atomic E-state index is 1.27. The summed E-state index contributed by atoms with van der Waals surface area (Å²) < 4.78 is 0. The normalized spacial score (nSPS) is 10.8. The van der Waals surface area contributed by atoms with E-state index in [9.17, 15) is 0 Å². The molecule has 0 saturated carbocycles. The first-order chi connectivity index (χ1) is 11.3. The third-order valence-corrected chi connectivity index (χ3v) is 4.50. The number of hydrogen-bond donors (Lipinski definition) is 0. The van der Waals surface area contributed by atoms with E-state index >= 15 is 0 Å². The molecule has 4 rings (SSSR count). The van der Waals surface area contributed by atoms with Crippen molar-refractivity contribution in [1.29, 1.82) is 0 Å². The Kier molecular flexibility index (Phi) is 3.44. The Morgan fingerprint density at radius 3 is 1.96 bits per heavy atom. The van der Waals surface area contributed by atoms with Crippen LogP contribution in [0, 0.1) is 6.92 Å². The van der Waals surface area contributed by atoms with Crippen LogP contribution < -0.4 is 0 Å². The van der Waals surface area contributed by atoms with Crippen molar-refractivity contribution in [2.24, 2.45) is 0 Å². The second-order valence-electron chi connectivity index (χ2n) is 5.87. The number of rotatable bonds is 2. The van der Waals surface area contributed by atoms with Gasteiger partial charge in [-0.25, -0.2) is 0 Å². The van der Waals surface area contributed by atoms with E-state index < -0.39 is 0 Å². The maximum absolute atomic E-state index is 2.23. The van der Waals surface area contributed by atoms with Crippen molar-refractivity contribution < 1.29 is 0 Å². The van der Waals surface area contributed by atoms with Gasteiger partial charge < -0.3 is 0 Å². The van der Waals surface area contributed by atoms with E-state index in [4.69, 9.17) is 0 Å². The molecule has 0 aliphatic carbocycles. The lowest BCUT2D eigenvalue weighted by Crippen LogP contribution is -1.89. The van der Waals surface area contributed by atoms with Crippen LogP contribution in [-0.2, 0) is 0 Å². The molecule has 0 spiro atoms. The summed E-state index contributed by atoms with van der Waals surface area (Å²) in [7, 11) is 0. The quantitative estimate of drug-likeness (QED) is 0.397. The van der Waals surface area contributed by atoms with Crippen molar-refractivity contribution >= 4 is 10.8 Å². The van der Waals surface area contributed by atoms with Crippen LogP contribution in [0.15, 0.2) is 91.0 Å². The topological polar surface area (TPSA) is 0 Å². The van der Waals surface area contributed by atoms with Gasteiger partial charge in [0.1, 0.15) is 0 Å². The molecule has 0 aromatic heterocycles. The molecular formula is C23H18. The van der Waals surface area contributed by atoms with Gasteiger partial charge in [-0.15, -0.1) is 0 Å². The lowest BCUT2D eigenvalue weighted by molar-refractivity contribution is 1.45. The zero-order chi connectivity index (χ0) is 15.6. The molecule has 110 valence electrons. The molecule has 0 aliphatic rings. The molecule has 0 amide bonds. The molecule has 0 heteroatoms. The Balaban J connectivity index is 1.96. The van der Waals surface area contributed by atoms with Gasteiger partial charge in [-0.05, 0) is 45.5 Å². The van der Waals surface area contributed by atoms with Gasteiger partial charge in [-0.2, -0.15) is 0 Å². The molecule has 0 N–H and O–H groups in total. The van der Waals surface area contributed by atoms with E-state index in [1.165, 1.54) is 38.6 Å². The summed E-state index contributed by atoms with van der Waals surface area (Å²) >= 11 is 0. The third-order valence-electron chi connectivity index (χ3n) is 4.50. The molecule has 0 nitrogen and oxygen atoms in total. The van der Waals surface area contributed by atoms with Gasteiger partial charge >= 0.3 is 0 Å². The summed E-state index contributed by atoms with van der Waals surface area (Å²) in [5, 5.41) is 2.60. The molecule has 4 aromatic rings. The minimum Gasteiger partial charge on any atom is -0.0622 e. The first-order valence-electron chi connectivity index (χ1n) is 7.98. The average molecular weight is 294 g/mol. The molecule has 0 aliphatic heterocycles. The Labute approximate surface area is 137 Å². The number of fused-ring (bicyclic) bond motifs is 1. The summed E-state index contributed by atoms with van der Waals surface area (Å²) in [5.41, 5.74) is 6.51. The second-order valence-corrected chi connectivity index (χ2v) is 5.87. The summed E-state index contributed by atoms with van der Waals surface area (Å²) in [6.07, 6.45) is 0. The Bertz CT molecular complexity index is 960. The van der Waals surface area contributed by atoms with Crippen LogP contribution in [0.1, 0.15) is 5.56 Å². The van der Waals surface area contributed by atoms with Gasteiger partial charge in [0.2, 0.25) is 0 Å². The fraction of sp³-hybridized carbons (Fsp3) is 0.0435. The highest BCUT2D eigenvalue weighted by molar-refractivity contribution is 5.98. The fourth-order valence-electron chi connectivity index (χ4n) is 3.32. The van der Waals surface area contributed by atoms with E-state index in [1.807, 2.05) is 0 Å². The minimum atomic E-state index is 1.27. The van der Waals surface area contributed by atoms with Crippen molar-refractivity contribution in [3.63, 3.8) is 0 Å². The molecule has 23 heavy (non-hydrogen) atoms. The van der Waals surface area contributed by atoms with E-state index in [-0.39, 0.29) is 0 Å². The van der Waals surface area contributed by atoms with Crippen LogP contribution in [0.25, 0.3) is 33.0 Å². The molecule has 0 saturated heterocycles. The van der Waals surface area contributed by atoms with Gasteiger partial charge in [0.25, 0.3) is 0 Å². The third kappa shape index (κ3) is 2.43. The summed E-state index contributed by atoms with van der Waals surface area (Å²) in [4.78, 5) is 0. The SMILES string of the molecule is Cc1c(-c2ccccc2)cccc1-c1cccc2ccccc12. The van der Waals surface area contributed by atoms with Crippen LogP contribution in [0.3, 0.4) is 0 Å². The largest absolute Gasteiger partial charge is 0.0622 e. The van der Waals surface area contributed by atoms with Crippen LogP contribution >= 0.6 is 0 Å².